The number of benzene rings is 2. The van der Waals surface area contributed by atoms with Gasteiger partial charge in [0.05, 0.1) is 11.2 Å². The van der Waals surface area contributed by atoms with Gasteiger partial charge in [0, 0.05) is 22.3 Å². The van der Waals surface area contributed by atoms with Gasteiger partial charge in [-0.05, 0) is 17.7 Å². The van der Waals surface area contributed by atoms with Gasteiger partial charge in [-0.25, -0.2) is 0 Å². The third-order valence-electron chi connectivity index (χ3n) is 3.49. The molecule has 1 aliphatic carbocycles. The molecule has 1 atom stereocenters. The third-order valence-corrected chi connectivity index (χ3v) is 4.00. The zero-order valence-electron chi connectivity index (χ0n) is 11.7. The molecule has 0 saturated heterocycles. The van der Waals surface area contributed by atoms with Crippen LogP contribution in [0.1, 0.15) is 42.7 Å². The Morgan fingerprint density at radius 2 is 1.41 bits per heavy atom. The Morgan fingerprint density at radius 1 is 0.909 bits per heavy atom. The van der Waals surface area contributed by atoms with Gasteiger partial charge in [0.15, 0.2) is 11.6 Å². The van der Waals surface area contributed by atoms with E-state index in [-0.39, 0.29) is 52.3 Å². The van der Waals surface area contributed by atoms with Crippen molar-refractivity contribution >= 4 is 30.2 Å². The first-order chi connectivity index (χ1) is 10.0. The maximum absolute atomic E-state index is 12.5. The van der Waals surface area contributed by atoms with Crippen LogP contribution >= 0.6 is 12.6 Å². The van der Waals surface area contributed by atoms with Gasteiger partial charge in [0.2, 0.25) is 0 Å². The van der Waals surface area contributed by atoms with Crippen LogP contribution in [0.2, 0.25) is 0 Å². The van der Waals surface area contributed by atoms with Crippen molar-refractivity contribution in [2.45, 2.75) is 5.25 Å². The number of hydrogen-bond donors (Lipinski definition) is 1. The van der Waals surface area contributed by atoms with Gasteiger partial charge in [-0.2, -0.15) is 12.6 Å². The first kappa shape index (κ1) is 17.0. The topological polar surface area (TPSA) is 74.3 Å². The van der Waals surface area contributed by atoms with E-state index in [1.165, 1.54) is 18.2 Å². The number of fused-ring (bicyclic) bond motifs is 2. The van der Waals surface area contributed by atoms with Crippen LogP contribution in [0.3, 0.4) is 0 Å². The van der Waals surface area contributed by atoms with Gasteiger partial charge >= 0.3 is 29.6 Å². The standard InChI is InChI=1S/C16H10O4S.Na/c17-13-9-3-1-2-4-10(9)14(18)12-7-8(5-6-11(12)13)15(21)16(19)20;/h1-7,15,21H,(H,19,20);/q;+1/p-1. The Bertz CT molecular complexity index is 800. The zero-order valence-corrected chi connectivity index (χ0v) is 14.6. The molecule has 0 heterocycles. The van der Waals surface area contributed by atoms with E-state index in [9.17, 15) is 19.5 Å². The minimum atomic E-state index is -1.35. The average molecular weight is 320 g/mol. The normalized spacial score (nSPS) is 13.7. The summed E-state index contributed by atoms with van der Waals surface area (Å²) in [4.78, 5) is 35.7. The fourth-order valence-corrected chi connectivity index (χ4v) is 2.58. The molecule has 2 aromatic carbocycles. The van der Waals surface area contributed by atoms with E-state index in [1.54, 1.807) is 24.3 Å². The number of aliphatic carboxylic acids is 1. The molecule has 0 spiro atoms. The number of carboxylic acids is 1. The van der Waals surface area contributed by atoms with Gasteiger partial charge in [-0.15, -0.1) is 0 Å². The summed E-state index contributed by atoms with van der Waals surface area (Å²) < 4.78 is 0. The van der Waals surface area contributed by atoms with Crippen molar-refractivity contribution in [1.82, 2.24) is 0 Å². The largest absolute Gasteiger partial charge is 1.00 e. The molecule has 104 valence electrons. The summed E-state index contributed by atoms with van der Waals surface area (Å²) in [6.45, 7) is 0. The first-order valence-corrected chi connectivity index (χ1v) is 6.73. The second-order valence-electron chi connectivity index (χ2n) is 4.73. The zero-order chi connectivity index (χ0) is 15.1. The molecule has 0 radical (unpaired) electrons. The average Bonchev–Trinajstić information content (AvgIpc) is 2.51. The van der Waals surface area contributed by atoms with Crippen molar-refractivity contribution in [1.29, 1.82) is 0 Å². The summed E-state index contributed by atoms with van der Waals surface area (Å²) >= 11 is 3.93. The van der Waals surface area contributed by atoms with E-state index in [0.29, 0.717) is 16.7 Å². The number of hydrogen-bond acceptors (Lipinski definition) is 5. The van der Waals surface area contributed by atoms with Crippen molar-refractivity contribution in [3.8, 4) is 0 Å². The fraction of sp³-hybridized carbons (Fsp3) is 0.0625. The molecular formula is C16H9NaO4S. The van der Waals surface area contributed by atoms with Crippen molar-refractivity contribution in [3.63, 3.8) is 0 Å². The molecule has 22 heavy (non-hydrogen) atoms. The maximum atomic E-state index is 12.5. The minimum Gasteiger partial charge on any atom is -0.549 e. The summed E-state index contributed by atoms with van der Waals surface area (Å²) in [6.07, 6.45) is 0. The quantitative estimate of drug-likeness (QED) is 0.446. The van der Waals surface area contributed by atoms with Gasteiger partial charge in [0.1, 0.15) is 0 Å². The smallest absolute Gasteiger partial charge is 0.549 e. The van der Waals surface area contributed by atoms with E-state index in [1.807, 2.05) is 0 Å². The monoisotopic (exact) mass is 320 g/mol. The summed E-state index contributed by atoms with van der Waals surface area (Å²) in [5, 5.41) is 9.73. The van der Waals surface area contributed by atoms with Crippen LogP contribution in [0.4, 0.5) is 0 Å². The molecule has 6 heteroatoms. The number of thiol groups is 1. The molecule has 0 bridgehead atoms. The molecule has 1 aliphatic rings. The van der Waals surface area contributed by atoms with Crippen LogP contribution in [-0.4, -0.2) is 17.5 Å². The van der Waals surface area contributed by atoms with Gasteiger partial charge < -0.3 is 9.90 Å². The first-order valence-electron chi connectivity index (χ1n) is 6.22. The Kier molecular flexibility index (Phi) is 4.92. The number of ketones is 2. The number of carbonyl (C=O) groups is 3. The third kappa shape index (κ3) is 2.65. The Labute approximate surface area is 154 Å². The van der Waals surface area contributed by atoms with Crippen LogP contribution in [0, 0.1) is 0 Å². The Morgan fingerprint density at radius 3 is 1.95 bits per heavy atom. The SMILES string of the molecule is O=C1c2ccccc2C(=O)c2cc(C(S)C(=O)[O-])ccc21.[Na+]. The van der Waals surface area contributed by atoms with Crippen LogP contribution < -0.4 is 34.7 Å². The molecule has 0 aliphatic heterocycles. The van der Waals surface area contributed by atoms with E-state index in [4.69, 9.17) is 0 Å². The van der Waals surface area contributed by atoms with Crippen molar-refractivity contribution in [3.05, 3.63) is 70.3 Å². The van der Waals surface area contributed by atoms with Crippen LogP contribution in [0.25, 0.3) is 0 Å². The van der Waals surface area contributed by atoms with Crippen molar-refractivity contribution in [2.75, 3.05) is 0 Å². The van der Waals surface area contributed by atoms with Crippen LogP contribution in [-0.2, 0) is 4.79 Å². The summed E-state index contributed by atoms with van der Waals surface area (Å²) in [5.74, 6) is -1.88. The number of carboxylic acid groups (broad SMARTS) is 1. The Hall–Kier alpha value is -1.40. The molecule has 4 nitrogen and oxygen atoms in total. The van der Waals surface area contributed by atoms with Crippen molar-refractivity contribution in [2.24, 2.45) is 0 Å². The van der Waals surface area contributed by atoms with E-state index in [2.05, 4.69) is 12.6 Å². The maximum Gasteiger partial charge on any atom is 1.00 e. The fourth-order valence-electron chi connectivity index (χ4n) is 2.42. The van der Waals surface area contributed by atoms with Gasteiger partial charge in [-0.3, -0.25) is 9.59 Å². The predicted octanol–water partition coefficient (Wildman–Crippen LogP) is -1.81. The molecule has 0 fully saturated rings. The molecule has 2 aromatic rings. The number of rotatable bonds is 2. The molecule has 0 aromatic heterocycles. The van der Waals surface area contributed by atoms with E-state index >= 15 is 0 Å². The van der Waals surface area contributed by atoms with E-state index in [0.717, 1.165) is 0 Å². The molecular weight excluding hydrogens is 311 g/mol. The minimum absolute atomic E-state index is 0. The molecule has 0 N–H and O–H groups in total. The second kappa shape index (κ2) is 6.38. The van der Waals surface area contributed by atoms with Gasteiger partial charge in [0.25, 0.3) is 0 Å². The van der Waals surface area contributed by atoms with Crippen LogP contribution in [0.5, 0.6) is 0 Å². The predicted molar refractivity (Wildman–Crippen MR) is 76.5 cm³/mol. The van der Waals surface area contributed by atoms with Crippen LogP contribution in [0.15, 0.2) is 42.5 Å². The van der Waals surface area contributed by atoms with Gasteiger partial charge in [-0.1, -0.05) is 30.3 Å². The molecule has 3 rings (SSSR count). The molecule has 0 saturated carbocycles. The number of carbonyl (C=O) groups excluding carboxylic acids is 3. The molecule has 1 unspecified atom stereocenters. The summed E-state index contributed by atoms with van der Waals surface area (Å²) in [5.41, 5.74) is 1.50. The van der Waals surface area contributed by atoms with E-state index < -0.39 is 11.2 Å². The summed E-state index contributed by atoms with van der Waals surface area (Å²) in [6, 6.07) is 10.9. The van der Waals surface area contributed by atoms with Crippen molar-refractivity contribution < 1.29 is 49.0 Å². The molecule has 0 amide bonds. The Balaban J connectivity index is 0.00000176. The second-order valence-corrected chi connectivity index (χ2v) is 5.25. The summed E-state index contributed by atoms with van der Waals surface area (Å²) in [7, 11) is 0.